The molecule has 1 saturated heterocycles. The van der Waals surface area contributed by atoms with Gasteiger partial charge >= 0.3 is 0 Å². The van der Waals surface area contributed by atoms with E-state index in [1.807, 2.05) is 25.1 Å². The van der Waals surface area contributed by atoms with Gasteiger partial charge in [0.25, 0.3) is 0 Å². The molecular formula is C21H25N2O+. The Hall–Kier alpha value is -2.13. The number of benzene rings is 2. The van der Waals surface area contributed by atoms with Gasteiger partial charge < -0.3 is 9.88 Å². The van der Waals surface area contributed by atoms with Crippen LogP contribution in [0.4, 0.5) is 0 Å². The molecule has 0 amide bonds. The molecule has 2 N–H and O–H groups in total. The molecular weight excluding hydrogens is 296 g/mol. The molecule has 1 aliphatic heterocycles. The minimum absolute atomic E-state index is 0.206. The summed E-state index contributed by atoms with van der Waals surface area (Å²) in [7, 11) is 0. The van der Waals surface area contributed by atoms with Crippen molar-refractivity contribution in [2.75, 3.05) is 6.54 Å². The Bertz CT molecular complexity index is 957. The van der Waals surface area contributed by atoms with E-state index in [9.17, 15) is 4.79 Å². The van der Waals surface area contributed by atoms with E-state index in [1.165, 1.54) is 31.2 Å². The van der Waals surface area contributed by atoms with E-state index in [0.717, 1.165) is 34.1 Å². The molecule has 2 aromatic carbocycles. The van der Waals surface area contributed by atoms with Crippen molar-refractivity contribution in [3.05, 3.63) is 57.9 Å². The average Bonchev–Trinajstić information content (AvgIpc) is 2.60. The minimum atomic E-state index is 0.206. The van der Waals surface area contributed by atoms with Gasteiger partial charge in [-0.05, 0) is 44.6 Å². The lowest BCUT2D eigenvalue weighted by Gasteiger charge is -2.30. The summed E-state index contributed by atoms with van der Waals surface area (Å²) in [5.41, 5.74) is 3.16. The first-order valence-electron chi connectivity index (χ1n) is 9.03. The van der Waals surface area contributed by atoms with Gasteiger partial charge in [0, 0.05) is 16.5 Å². The second kappa shape index (κ2) is 6.06. The molecule has 4 rings (SSSR count). The summed E-state index contributed by atoms with van der Waals surface area (Å²) in [6, 6.07) is 12.9. The summed E-state index contributed by atoms with van der Waals surface area (Å²) >= 11 is 0. The fourth-order valence-corrected chi connectivity index (χ4v) is 4.15. The minimum Gasteiger partial charge on any atom is -0.357 e. The molecule has 3 aromatic rings. The van der Waals surface area contributed by atoms with Crippen LogP contribution in [0.1, 0.15) is 37.4 Å². The van der Waals surface area contributed by atoms with Crippen molar-refractivity contribution in [1.82, 2.24) is 4.98 Å². The van der Waals surface area contributed by atoms with Gasteiger partial charge in [-0.2, -0.15) is 0 Å². The molecule has 1 aliphatic rings. The van der Waals surface area contributed by atoms with Gasteiger partial charge in [-0.3, -0.25) is 4.79 Å². The number of aromatic nitrogens is 1. The third-order valence-corrected chi connectivity index (χ3v) is 5.70. The molecule has 0 aliphatic carbocycles. The van der Waals surface area contributed by atoms with Crippen LogP contribution >= 0.6 is 0 Å². The maximum atomic E-state index is 13.1. The van der Waals surface area contributed by atoms with Crippen molar-refractivity contribution >= 4 is 21.7 Å². The highest BCUT2D eigenvalue weighted by Gasteiger charge is 2.24. The number of aromatic amines is 1. The van der Waals surface area contributed by atoms with E-state index in [0.29, 0.717) is 6.04 Å². The highest BCUT2D eigenvalue weighted by atomic mass is 16.1. The molecule has 0 saturated carbocycles. The first kappa shape index (κ1) is 15.4. The number of rotatable bonds is 2. The molecule has 1 aromatic heterocycles. The van der Waals surface area contributed by atoms with Gasteiger partial charge in [-0.15, -0.1) is 0 Å². The molecule has 0 spiro atoms. The van der Waals surface area contributed by atoms with E-state index in [-0.39, 0.29) is 5.43 Å². The van der Waals surface area contributed by atoms with Crippen LogP contribution in [0.15, 0.2) is 41.2 Å². The van der Waals surface area contributed by atoms with Crippen molar-refractivity contribution in [1.29, 1.82) is 0 Å². The van der Waals surface area contributed by atoms with Crippen LogP contribution in [0.5, 0.6) is 0 Å². The first-order chi connectivity index (χ1) is 11.6. The SMILES string of the molecule is Cc1[nH]c2c(ccc3ccccc32)c(=O)c1C[NH+]1CCCCC1C. The van der Waals surface area contributed by atoms with Crippen LogP contribution in [-0.4, -0.2) is 17.6 Å². The van der Waals surface area contributed by atoms with E-state index in [2.05, 4.69) is 30.1 Å². The summed E-state index contributed by atoms with van der Waals surface area (Å²) in [5.74, 6) is 0. The van der Waals surface area contributed by atoms with E-state index < -0.39 is 0 Å². The fraction of sp³-hybridized carbons (Fsp3) is 0.381. The first-order valence-corrected chi connectivity index (χ1v) is 9.03. The Labute approximate surface area is 142 Å². The molecule has 2 heterocycles. The molecule has 24 heavy (non-hydrogen) atoms. The van der Waals surface area contributed by atoms with E-state index in [4.69, 9.17) is 0 Å². The van der Waals surface area contributed by atoms with E-state index in [1.54, 1.807) is 4.90 Å². The van der Waals surface area contributed by atoms with Gasteiger partial charge in [0.05, 0.1) is 23.7 Å². The van der Waals surface area contributed by atoms with Crippen molar-refractivity contribution in [3.63, 3.8) is 0 Å². The summed E-state index contributed by atoms with van der Waals surface area (Å²) in [4.78, 5) is 18.2. The number of H-pyrrole nitrogens is 1. The lowest BCUT2D eigenvalue weighted by Crippen LogP contribution is -3.15. The highest BCUT2D eigenvalue weighted by Crippen LogP contribution is 2.22. The van der Waals surface area contributed by atoms with Crippen LogP contribution in [0.2, 0.25) is 0 Å². The average molecular weight is 321 g/mol. The van der Waals surface area contributed by atoms with Gasteiger partial charge in [-0.1, -0.05) is 30.3 Å². The number of quaternary nitrogens is 1. The van der Waals surface area contributed by atoms with Crippen molar-refractivity contribution in [2.24, 2.45) is 0 Å². The van der Waals surface area contributed by atoms with Crippen molar-refractivity contribution < 1.29 is 4.90 Å². The summed E-state index contributed by atoms with van der Waals surface area (Å²) in [6.45, 7) is 6.37. The van der Waals surface area contributed by atoms with Crippen LogP contribution in [0.25, 0.3) is 21.7 Å². The molecule has 124 valence electrons. The summed E-state index contributed by atoms with van der Waals surface area (Å²) in [5, 5.41) is 3.11. The zero-order valence-electron chi connectivity index (χ0n) is 14.5. The van der Waals surface area contributed by atoms with Crippen molar-refractivity contribution in [2.45, 2.75) is 45.7 Å². The number of hydrogen-bond donors (Lipinski definition) is 2. The predicted molar refractivity (Wildman–Crippen MR) is 99.7 cm³/mol. The largest absolute Gasteiger partial charge is 0.357 e. The number of fused-ring (bicyclic) bond motifs is 3. The fourth-order valence-electron chi connectivity index (χ4n) is 4.15. The zero-order valence-corrected chi connectivity index (χ0v) is 14.5. The Balaban J connectivity index is 1.85. The lowest BCUT2D eigenvalue weighted by molar-refractivity contribution is -0.942. The third-order valence-electron chi connectivity index (χ3n) is 5.70. The number of hydrogen-bond acceptors (Lipinski definition) is 1. The van der Waals surface area contributed by atoms with Gasteiger partial charge in [0.15, 0.2) is 5.43 Å². The van der Waals surface area contributed by atoms with Crippen LogP contribution in [0.3, 0.4) is 0 Å². The second-order valence-electron chi connectivity index (χ2n) is 7.25. The number of aryl methyl sites for hydroxylation is 1. The van der Waals surface area contributed by atoms with Crippen molar-refractivity contribution in [3.8, 4) is 0 Å². The van der Waals surface area contributed by atoms with Crippen LogP contribution in [-0.2, 0) is 6.54 Å². The van der Waals surface area contributed by atoms with Gasteiger partial charge in [-0.25, -0.2) is 0 Å². The molecule has 3 heteroatoms. The topological polar surface area (TPSA) is 37.3 Å². The Morgan fingerprint density at radius 1 is 1.12 bits per heavy atom. The van der Waals surface area contributed by atoms with Gasteiger partial charge in [0.2, 0.25) is 0 Å². The number of likely N-dealkylation sites (tertiary alicyclic amines) is 1. The molecule has 2 atom stereocenters. The number of piperidine rings is 1. The van der Waals surface area contributed by atoms with Gasteiger partial charge in [0.1, 0.15) is 6.54 Å². The Kier molecular flexibility index (Phi) is 3.89. The van der Waals surface area contributed by atoms with E-state index >= 15 is 0 Å². The highest BCUT2D eigenvalue weighted by molar-refractivity contribution is 6.05. The Morgan fingerprint density at radius 3 is 2.79 bits per heavy atom. The smallest absolute Gasteiger partial charge is 0.198 e. The standard InChI is InChI=1S/C21H24N2O/c1-14-7-5-6-12-23(14)13-19-15(2)22-20-17-9-4-3-8-16(17)10-11-18(20)21(19)24/h3-4,8-11,14H,5-7,12-13H2,1-2H3,(H,22,24)/p+1. The quantitative estimate of drug-likeness (QED) is 0.700. The maximum Gasteiger partial charge on any atom is 0.198 e. The van der Waals surface area contributed by atoms with Crippen LogP contribution in [0, 0.1) is 6.92 Å². The maximum absolute atomic E-state index is 13.1. The molecule has 0 bridgehead atoms. The zero-order chi connectivity index (χ0) is 16.7. The normalized spacial score (nSPS) is 21.4. The monoisotopic (exact) mass is 321 g/mol. The lowest BCUT2D eigenvalue weighted by atomic mass is 10.00. The summed E-state index contributed by atoms with van der Waals surface area (Å²) in [6.07, 6.45) is 3.86. The number of pyridine rings is 1. The molecule has 1 fully saturated rings. The van der Waals surface area contributed by atoms with Crippen LogP contribution < -0.4 is 10.3 Å². The number of nitrogens with one attached hydrogen (secondary N) is 2. The molecule has 2 unspecified atom stereocenters. The second-order valence-corrected chi connectivity index (χ2v) is 7.25. The Morgan fingerprint density at radius 2 is 1.96 bits per heavy atom. The predicted octanol–water partition coefficient (Wildman–Crippen LogP) is 2.95. The summed E-state index contributed by atoms with van der Waals surface area (Å²) < 4.78 is 0. The third kappa shape index (κ3) is 2.53. The molecule has 3 nitrogen and oxygen atoms in total. The molecule has 0 radical (unpaired) electrons.